The van der Waals surface area contributed by atoms with Gasteiger partial charge in [0.05, 0.1) is 23.4 Å². The van der Waals surface area contributed by atoms with Crippen LogP contribution in [0, 0.1) is 0 Å². The zero-order chi connectivity index (χ0) is 20.8. The van der Waals surface area contributed by atoms with E-state index in [2.05, 4.69) is 5.32 Å². The lowest BCUT2D eigenvalue weighted by Gasteiger charge is -2.08. The summed E-state index contributed by atoms with van der Waals surface area (Å²) in [5.41, 5.74) is 1.62. The van der Waals surface area contributed by atoms with Crippen molar-refractivity contribution in [3.8, 4) is 5.75 Å². The lowest BCUT2D eigenvalue weighted by atomic mass is 10.1. The summed E-state index contributed by atoms with van der Waals surface area (Å²) in [6.07, 6.45) is 0. The third kappa shape index (κ3) is 5.76. The number of rotatable bonds is 7. The van der Waals surface area contributed by atoms with Gasteiger partial charge in [0.25, 0.3) is 5.91 Å². The molecule has 3 aromatic rings. The second kappa shape index (κ2) is 9.83. The summed E-state index contributed by atoms with van der Waals surface area (Å²) in [4.78, 5) is 25.6. The molecule has 0 radical (unpaired) electrons. The minimum Gasteiger partial charge on any atom is -0.497 e. The van der Waals surface area contributed by atoms with Gasteiger partial charge < -0.3 is 10.1 Å². The molecule has 1 amide bonds. The Labute approximate surface area is 183 Å². The van der Waals surface area contributed by atoms with Crippen LogP contribution in [0.4, 0.5) is 5.69 Å². The second-order valence-corrected chi connectivity index (χ2v) is 7.94. The average molecular weight is 446 g/mol. The molecule has 0 unspecified atom stereocenters. The van der Waals surface area contributed by atoms with Gasteiger partial charge >= 0.3 is 0 Å². The number of ether oxygens (including phenoxy) is 1. The Morgan fingerprint density at radius 1 is 0.966 bits per heavy atom. The maximum Gasteiger partial charge on any atom is 0.257 e. The number of nitrogens with one attached hydrogen (secondary N) is 1. The van der Waals surface area contributed by atoms with Gasteiger partial charge in [0, 0.05) is 21.2 Å². The quantitative estimate of drug-likeness (QED) is 0.345. The summed E-state index contributed by atoms with van der Waals surface area (Å²) in [6, 6.07) is 19.0. The summed E-state index contributed by atoms with van der Waals surface area (Å²) in [6.45, 7) is 0. The number of methoxy groups -OCH3 is 1. The normalized spacial score (nSPS) is 10.4. The van der Waals surface area contributed by atoms with Crippen LogP contribution in [0.15, 0.2) is 71.6 Å². The molecule has 0 spiro atoms. The van der Waals surface area contributed by atoms with Crippen LogP contribution in [-0.4, -0.2) is 24.6 Å². The van der Waals surface area contributed by atoms with Crippen molar-refractivity contribution in [1.82, 2.24) is 0 Å². The van der Waals surface area contributed by atoms with Crippen LogP contribution in [0.3, 0.4) is 0 Å². The maximum atomic E-state index is 12.4. The van der Waals surface area contributed by atoms with E-state index in [4.69, 9.17) is 27.9 Å². The maximum absolute atomic E-state index is 12.4. The van der Waals surface area contributed by atoms with Gasteiger partial charge in [-0.25, -0.2) is 0 Å². The molecule has 0 atom stereocenters. The van der Waals surface area contributed by atoms with E-state index in [0.717, 1.165) is 4.90 Å². The highest BCUT2D eigenvalue weighted by Gasteiger charge is 2.11. The Kier molecular flexibility index (Phi) is 7.20. The Bertz CT molecular complexity index is 1020. The first-order valence-corrected chi connectivity index (χ1v) is 10.4. The van der Waals surface area contributed by atoms with Crippen LogP contribution in [0.2, 0.25) is 10.0 Å². The molecule has 3 rings (SSSR count). The molecule has 7 heteroatoms. The van der Waals surface area contributed by atoms with Crippen molar-refractivity contribution in [2.24, 2.45) is 0 Å². The van der Waals surface area contributed by atoms with Crippen molar-refractivity contribution in [1.29, 1.82) is 0 Å². The molecule has 0 heterocycles. The van der Waals surface area contributed by atoms with Gasteiger partial charge in [0.2, 0.25) is 0 Å². The van der Waals surface area contributed by atoms with Gasteiger partial charge in [0.15, 0.2) is 5.78 Å². The van der Waals surface area contributed by atoms with E-state index in [1.54, 1.807) is 55.6 Å². The fourth-order valence-corrected chi connectivity index (χ4v) is 3.80. The average Bonchev–Trinajstić information content (AvgIpc) is 2.73. The molecule has 0 aliphatic rings. The van der Waals surface area contributed by atoms with E-state index in [0.29, 0.717) is 38.4 Å². The SMILES string of the molecule is COc1ccc(C(=O)CSc2ccc(NC(=O)c3ccc(Cl)cc3Cl)cc2)cc1. The Hall–Kier alpha value is -2.47. The number of anilines is 1. The number of thioether (sulfide) groups is 1. The van der Waals surface area contributed by atoms with Crippen LogP contribution in [0.1, 0.15) is 20.7 Å². The molecule has 0 saturated heterocycles. The van der Waals surface area contributed by atoms with Gasteiger partial charge in [0.1, 0.15) is 5.75 Å². The Balaban J connectivity index is 1.56. The van der Waals surface area contributed by atoms with E-state index in [-0.39, 0.29) is 11.7 Å². The van der Waals surface area contributed by atoms with Gasteiger partial charge in [-0.15, -0.1) is 11.8 Å². The highest BCUT2D eigenvalue weighted by atomic mass is 35.5. The monoisotopic (exact) mass is 445 g/mol. The van der Waals surface area contributed by atoms with E-state index in [1.807, 2.05) is 12.1 Å². The third-order valence-electron chi connectivity index (χ3n) is 4.07. The minimum absolute atomic E-state index is 0.0346. The summed E-state index contributed by atoms with van der Waals surface area (Å²) < 4.78 is 5.10. The number of hydrogen-bond donors (Lipinski definition) is 1. The first-order chi connectivity index (χ1) is 14.0. The number of benzene rings is 3. The number of halogens is 2. The summed E-state index contributed by atoms with van der Waals surface area (Å²) in [5.74, 6) is 0.749. The van der Waals surface area contributed by atoms with Crippen molar-refractivity contribution in [3.63, 3.8) is 0 Å². The predicted molar refractivity (Wildman–Crippen MR) is 119 cm³/mol. The molecule has 0 bridgehead atoms. The molecule has 0 aromatic heterocycles. The van der Waals surface area contributed by atoms with Crippen molar-refractivity contribution < 1.29 is 14.3 Å². The number of ketones is 1. The Morgan fingerprint density at radius 3 is 2.28 bits per heavy atom. The highest BCUT2D eigenvalue weighted by molar-refractivity contribution is 8.00. The topological polar surface area (TPSA) is 55.4 Å². The minimum atomic E-state index is -0.318. The van der Waals surface area contributed by atoms with E-state index in [1.165, 1.54) is 17.8 Å². The molecule has 29 heavy (non-hydrogen) atoms. The largest absolute Gasteiger partial charge is 0.497 e. The molecule has 0 aliphatic heterocycles. The van der Waals surface area contributed by atoms with Crippen LogP contribution in [0.25, 0.3) is 0 Å². The third-order valence-corrected chi connectivity index (χ3v) is 5.63. The molecule has 4 nitrogen and oxygen atoms in total. The molecule has 148 valence electrons. The van der Waals surface area contributed by atoms with Crippen molar-refractivity contribution in [3.05, 3.63) is 87.9 Å². The lowest BCUT2D eigenvalue weighted by Crippen LogP contribution is -2.12. The number of Topliss-reactive ketones (excluding diaryl/α,β-unsaturated/α-hetero) is 1. The standard InChI is InChI=1S/C22H17Cl2NO3S/c1-28-17-7-2-14(3-8-17)21(26)13-29-18-9-5-16(6-10-18)25-22(27)19-11-4-15(23)12-20(19)24/h2-12H,13H2,1H3,(H,25,27). The molecule has 0 aliphatic carbocycles. The van der Waals surface area contributed by atoms with Crippen molar-refractivity contribution in [2.75, 3.05) is 18.2 Å². The van der Waals surface area contributed by atoms with Crippen molar-refractivity contribution in [2.45, 2.75) is 4.90 Å². The zero-order valence-corrected chi connectivity index (χ0v) is 17.8. The zero-order valence-electron chi connectivity index (χ0n) is 15.4. The van der Waals surface area contributed by atoms with Crippen molar-refractivity contribution >= 4 is 52.3 Å². The molecular formula is C22H17Cl2NO3S. The summed E-state index contributed by atoms with van der Waals surface area (Å²) in [7, 11) is 1.59. The van der Waals surface area contributed by atoms with Crippen LogP contribution in [0.5, 0.6) is 5.75 Å². The van der Waals surface area contributed by atoms with Gasteiger partial charge in [-0.1, -0.05) is 23.2 Å². The number of amides is 1. The molecule has 3 aromatic carbocycles. The molecule has 1 N–H and O–H groups in total. The Morgan fingerprint density at radius 2 is 1.66 bits per heavy atom. The van der Waals surface area contributed by atoms with Crippen LogP contribution >= 0.6 is 35.0 Å². The number of carbonyl (C=O) groups excluding carboxylic acids is 2. The number of carbonyl (C=O) groups is 2. The van der Waals surface area contributed by atoms with Crippen LogP contribution < -0.4 is 10.1 Å². The molecule has 0 fully saturated rings. The fraction of sp³-hybridized carbons (Fsp3) is 0.0909. The highest BCUT2D eigenvalue weighted by Crippen LogP contribution is 2.24. The van der Waals surface area contributed by atoms with Gasteiger partial charge in [-0.05, 0) is 66.7 Å². The first kappa shape index (κ1) is 21.2. The fourth-order valence-electron chi connectivity index (χ4n) is 2.52. The van der Waals surface area contributed by atoms with Crippen LogP contribution in [-0.2, 0) is 0 Å². The predicted octanol–water partition coefficient (Wildman–Crippen LogP) is 6.23. The summed E-state index contributed by atoms with van der Waals surface area (Å²) >= 11 is 13.4. The lowest BCUT2D eigenvalue weighted by molar-refractivity contribution is 0.101. The number of hydrogen-bond acceptors (Lipinski definition) is 4. The van der Waals surface area contributed by atoms with E-state index >= 15 is 0 Å². The second-order valence-electron chi connectivity index (χ2n) is 6.04. The summed E-state index contributed by atoms with van der Waals surface area (Å²) in [5, 5.41) is 3.55. The molecular weight excluding hydrogens is 429 g/mol. The van der Waals surface area contributed by atoms with E-state index in [9.17, 15) is 9.59 Å². The smallest absolute Gasteiger partial charge is 0.257 e. The van der Waals surface area contributed by atoms with Gasteiger partial charge in [-0.2, -0.15) is 0 Å². The van der Waals surface area contributed by atoms with E-state index < -0.39 is 0 Å². The molecule has 0 saturated carbocycles. The van der Waals surface area contributed by atoms with Gasteiger partial charge in [-0.3, -0.25) is 9.59 Å². The first-order valence-electron chi connectivity index (χ1n) is 8.63.